The molecule has 0 bridgehead atoms. The Bertz CT molecular complexity index is 422. The van der Waals surface area contributed by atoms with E-state index in [0.717, 1.165) is 5.75 Å². The summed E-state index contributed by atoms with van der Waals surface area (Å²) in [6.07, 6.45) is 1.06. The summed E-state index contributed by atoms with van der Waals surface area (Å²) in [7, 11) is 0. The molecule has 0 unspecified atom stereocenters. The molecule has 1 aliphatic carbocycles. The van der Waals surface area contributed by atoms with Gasteiger partial charge in [0.05, 0.1) is 12.7 Å². The molecule has 0 atom stereocenters. The zero-order valence-corrected chi connectivity index (χ0v) is 11.4. The molecular formula is C15H21NO3. The molecule has 1 saturated carbocycles. The van der Waals surface area contributed by atoms with E-state index in [4.69, 9.17) is 4.74 Å². The summed E-state index contributed by atoms with van der Waals surface area (Å²) >= 11 is 0. The first-order valence-corrected chi connectivity index (χ1v) is 6.76. The molecule has 104 valence electrons. The van der Waals surface area contributed by atoms with Gasteiger partial charge in [-0.1, -0.05) is 13.8 Å². The molecule has 0 heterocycles. The molecule has 1 aromatic rings. The van der Waals surface area contributed by atoms with Gasteiger partial charge >= 0.3 is 0 Å². The van der Waals surface area contributed by atoms with Crippen LogP contribution in [0.1, 0.15) is 37.0 Å². The van der Waals surface area contributed by atoms with E-state index in [0.29, 0.717) is 30.9 Å². The first-order chi connectivity index (χ1) is 9.04. The maximum absolute atomic E-state index is 11.9. The number of carbonyl (C=O) groups excluding carboxylic acids is 1. The average Bonchev–Trinajstić information content (AvgIpc) is 2.35. The van der Waals surface area contributed by atoms with Crippen LogP contribution in [-0.4, -0.2) is 29.8 Å². The fraction of sp³-hybridized carbons (Fsp3) is 0.533. The fourth-order valence-corrected chi connectivity index (χ4v) is 1.94. The number of nitrogens with one attached hydrogen (secondary N) is 1. The van der Waals surface area contributed by atoms with Crippen LogP contribution >= 0.6 is 0 Å². The molecule has 19 heavy (non-hydrogen) atoms. The lowest BCUT2D eigenvalue weighted by molar-refractivity contribution is 0.0562. The minimum absolute atomic E-state index is 0.0905. The normalized spacial score (nSPS) is 21.9. The predicted octanol–water partition coefficient (Wildman–Crippen LogP) is 1.97. The number of rotatable bonds is 5. The summed E-state index contributed by atoms with van der Waals surface area (Å²) in [5, 5.41) is 12.1. The van der Waals surface area contributed by atoms with Crippen molar-refractivity contribution in [2.45, 2.75) is 38.8 Å². The van der Waals surface area contributed by atoms with Crippen LogP contribution in [0.3, 0.4) is 0 Å². The summed E-state index contributed by atoms with van der Waals surface area (Å²) in [6, 6.07) is 7.26. The molecular weight excluding hydrogens is 242 g/mol. The van der Waals surface area contributed by atoms with E-state index in [-0.39, 0.29) is 18.1 Å². The Morgan fingerprint density at radius 2 is 2.00 bits per heavy atom. The number of carbonyl (C=O) groups is 1. The molecule has 0 aliphatic heterocycles. The van der Waals surface area contributed by atoms with Gasteiger partial charge in [0.15, 0.2) is 0 Å². The maximum Gasteiger partial charge on any atom is 0.251 e. The fourth-order valence-electron chi connectivity index (χ4n) is 1.94. The second kappa shape index (κ2) is 6.06. The van der Waals surface area contributed by atoms with Crippen molar-refractivity contribution >= 4 is 5.91 Å². The quantitative estimate of drug-likeness (QED) is 0.854. The zero-order chi connectivity index (χ0) is 13.8. The first kappa shape index (κ1) is 13.9. The van der Waals surface area contributed by atoms with Gasteiger partial charge in [0.1, 0.15) is 5.75 Å². The van der Waals surface area contributed by atoms with Crippen molar-refractivity contribution in [3.63, 3.8) is 0 Å². The number of hydrogen-bond acceptors (Lipinski definition) is 3. The van der Waals surface area contributed by atoms with Crippen LogP contribution in [0.5, 0.6) is 5.75 Å². The van der Waals surface area contributed by atoms with Crippen molar-refractivity contribution in [1.82, 2.24) is 5.32 Å². The van der Waals surface area contributed by atoms with E-state index in [1.165, 1.54) is 0 Å². The van der Waals surface area contributed by atoms with Crippen LogP contribution in [0.4, 0.5) is 0 Å². The van der Waals surface area contributed by atoms with Gasteiger partial charge in [0.25, 0.3) is 5.91 Å². The Balaban J connectivity index is 1.85. The van der Waals surface area contributed by atoms with Gasteiger partial charge in [-0.3, -0.25) is 4.79 Å². The molecule has 2 N–H and O–H groups in total. The van der Waals surface area contributed by atoms with Gasteiger partial charge in [-0.2, -0.15) is 0 Å². The molecule has 1 fully saturated rings. The third-order valence-corrected chi connectivity index (χ3v) is 3.15. The maximum atomic E-state index is 11.9. The highest BCUT2D eigenvalue weighted by atomic mass is 16.5. The van der Waals surface area contributed by atoms with Crippen LogP contribution in [0, 0.1) is 5.92 Å². The second-order valence-corrected chi connectivity index (χ2v) is 5.52. The van der Waals surface area contributed by atoms with Crippen LogP contribution in [0.25, 0.3) is 0 Å². The largest absolute Gasteiger partial charge is 0.493 e. The standard InChI is InChI=1S/C15H21NO3/c1-10(2)9-19-14-5-3-11(4-6-14)15(18)16-12-7-13(17)8-12/h3-6,10,12-13,17H,7-9H2,1-2H3,(H,16,18). The van der Waals surface area contributed by atoms with Crippen molar-refractivity contribution in [2.24, 2.45) is 5.92 Å². The molecule has 0 saturated heterocycles. The summed E-state index contributed by atoms with van der Waals surface area (Å²) in [6.45, 7) is 4.86. The molecule has 4 nitrogen and oxygen atoms in total. The topological polar surface area (TPSA) is 58.6 Å². The average molecular weight is 263 g/mol. The number of aliphatic hydroxyl groups excluding tert-OH is 1. The molecule has 1 aliphatic rings. The summed E-state index contributed by atoms with van der Waals surface area (Å²) in [5.74, 6) is 1.17. The number of amides is 1. The van der Waals surface area contributed by atoms with Gasteiger partial charge in [-0.25, -0.2) is 0 Å². The Morgan fingerprint density at radius 3 is 2.53 bits per heavy atom. The third kappa shape index (κ3) is 3.96. The predicted molar refractivity (Wildman–Crippen MR) is 73.3 cm³/mol. The SMILES string of the molecule is CC(C)COc1ccc(C(=O)NC2CC(O)C2)cc1. The van der Waals surface area contributed by atoms with Gasteiger partial charge in [0.2, 0.25) is 0 Å². The molecule has 0 aromatic heterocycles. The van der Waals surface area contributed by atoms with Gasteiger partial charge < -0.3 is 15.2 Å². The second-order valence-electron chi connectivity index (χ2n) is 5.52. The van der Waals surface area contributed by atoms with E-state index in [1.54, 1.807) is 12.1 Å². The third-order valence-electron chi connectivity index (χ3n) is 3.15. The van der Waals surface area contributed by atoms with Crippen LogP contribution < -0.4 is 10.1 Å². The molecule has 1 aromatic carbocycles. The molecule has 4 heteroatoms. The number of benzene rings is 1. The minimum Gasteiger partial charge on any atom is -0.493 e. The van der Waals surface area contributed by atoms with Crippen molar-refractivity contribution in [1.29, 1.82) is 0 Å². The lowest BCUT2D eigenvalue weighted by atomic mass is 9.89. The van der Waals surface area contributed by atoms with Gasteiger partial charge in [-0.15, -0.1) is 0 Å². The van der Waals surface area contributed by atoms with Crippen LogP contribution in [0.2, 0.25) is 0 Å². The Kier molecular flexibility index (Phi) is 4.43. The zero-order valence-electron chi connectivity index (χ0n) is 11.4. The van der Waals surface area contributed by atoms with E-state index < -0.39 is 0 Å². The summed E-state index contributed by atoms with van der Waals surface area (Å²) in [5.41, 5.74) is 0.623. The van der Waals surface area contributed by atoms with Crippen molar-refractivity contribution in [2.75, 3.05) is 6.61 Å². The smallest absolute Gasteiger partial charge is 0.251 e. The van der Waals surface area contributed by atoms with Crippen LogP contribution in [0.15, 0.2) is 24.3 Å². The molecule has 2 rings (SSSR count). The highest BCUT2D eigenvalue weighted by Gasteiger charge is 2.28. The lowest BCUT2D eigenvalue weighted by Gasteiger charge is -2.31. The van der Waals surface area contributed by atoms with Gasteiger partial charge in [-0.05, 0) is 43.0 Å². The Labute approximate surface area is 113 Å². The van der Waals surface area contributed by atoms with E-state index in [9.17, 15) is 9.90 Å². The monoisotopic (exact) mass is 263 g/mol. The highest BCUT2D eigenvalue weighted by Crippen LogP contribution is 2.20. The first-order valence-electron chi connectivity index (χ1n) is 6.76. The van der Waals surface area contributed by atoms with Crippen molar-refractivity contribution < 1.29 is 14.6 Å². The van der Waals surface area contributed by atoms with Crippen molar-refractivity contribution in [3.05, 3.63) is 29.8 Å². The Hall–Kier alpha value is -1.55. The van der Waals surface area contributed by atoms with Gasteiger partial charge in [0, 0.05) is 11.6 Å². The van der Waals surface area contributed by atoms with E-state index >= 15 is 0 Å². The molecule has 0 radical (unpaired) electrons. The van der Waals surface area contributed by atoms with Crippen LogP contribution in [-0.2, 0) is 0 Å². The minimum atomic E-state index is -0.253. The number of hydrogen-bond donors (Lipinski definition) is 2. The highest BCUT2D eigenvalue weighted by molar-refractivity contribution is 5.94. The van der Waals surface area contributed by atoms with E-state index in [1.807, 2.05) is 12.1 Å². The van der Waals surface area contributed by atoms with Crippen molar-refractivity contribution in [3.8, 4) is 5.75 Å². The molecule has 0 spiro atoms. The number of aliphatic hydroxyl groups is 1. The summed E-state index contributed by atoms with van der Waals surface area (Å²) < 4.78 is 5.56. The van der Waals surface area contributed by atoms with E-state index in [2.05, 4.69) is 19.2 Å². The molecule has 1 amide bonds. The summed E-state index contributed by atoms with van der Waals surface area (Å²) in [4.78, 5) is 11.9. The Morgan fingerprint density at radius 1 is 1.37 bits per heavy atom. The number of ether oxygens (including phenoxy) is 1. The lowest BCUT2D eigenvalue weighted by Crippen LogP contribution is -2.46.